The highest BCUT2D eigenvalue weighted by molar-refractivity contribution is 6.34. The fourth-order valence-electron chi connectivity index (χ4n) is 3.52. The number of nitrogens with one attached hydrogen (secondary N) is 1. The van der Waals surface area contributed by atoms with Gasteiger partial charge in [0.2, 0.25) is 0 Å². The first-order chi connectivity index (χ1) is 17.4. The lowest BCUT2D eigenvalue weighted by Gasteiger charge is -2.22. The Morgan fingerprint density at radius 3 is 2.32 bits per heavy atom. The van der Waals surface area contributed by atoms with E-state index in [2.05, 4.69) is 25.3 Å². The van der Waals surface area contributed by atoms with E-state index in [0.29, 0.717) is 0 Å². The number of rotatable bonds is 7. The van der Waals surface area contributed by atoms with E-state index in [1.807, 2.05) is 0 Å². The van der Waals surface area contributed by atoms with Crippen molar-refractivity contribution in [3.8, 4) is 11.3 Å². The Labute approximate surface area is 212 Å². The third kappa shape index (κ3) is 5.30. The molecule has 0 bridgehead atoms. The largest absolute Gasteiger partial charge is 0.478 e. The highest BCUT2D eigenvalue weighted by Gasteiger charge is 2.29. The fourth-order valence-corrected chi connectivity index (χ4v) is 3.71. The van der Waals surface area contributed by atoms with Crippen molar-refractivity contribution in [3.05, 3.63) is 76.5 Å². The second kappa shape index (κ2) is 9.87. The minimum Gasteiger partial charge on any atom is -0.478 e. The number of aromatic carboxylic acids is 1. The standard InChI is InChI=1S/C24H18ClF4N5O3/c1-24(2,37)23-31-7-11(8-32-23)17-15(27)6-16-20(33-17)19(13(25)9-30-16)34-18(21(28)29)12-5-10(22(35)36)3-4-14(12)26/h3-9,18,21,37H,1-2H3,(H,30,34)(H,35,36). The molecule has 4 aromatic rings. The number of carbonyl (C=O) groups is 1. The van der Waals surface area contributed by atoms with Gasteiger partial charge in [-0.05, 0) is 32.0 Å². The number of aromatic nitrogens is 4. The van der Waals surface area contributed by atoms with Crippen LogP contribution in [-0.2, 0) is 5.60 Å². The minimum atomic E-state index is -3.21. The van der Waals surface area contributed by atoms with Gasteiger partial charge in [-0.3, -0.25) is 4.98 Å². The van der Waals surface area contributed by atoms with Gasteiger partial charge in [-0.2, -0.15) is 0 Å². The van der Waals surface area contributed by atoms with Crippen LogP contribution in [-0.4, -0.2) is 42.5 Å². The smallest absolute Gasteiger partial charge is 0.335 e. The number of alkyl halides is 2. The van der Waals surface area contributed by atoms with Crippen LogP contribution in [0.3, 0.4) is 0 Å². The molecule has 0 radical (unpaired) electrons. The molecular weight excluding hydrogens is 518 g/mol. The molecule has 37 heavy (non-hydrogen) atoms. The summed E-state index contributed by atoms with van der Waals surface area (Å²) in [6.07, 6.45) is 0.343. The van der Waals surface area contributed by atoms with E-state index in [4.69, 9.17) is 11.6 Å². The quantitative estimate of drug-likeness (QED) is 0.270. The average molecular weight is 536 g/mol. The molecule has 1 unspecified atom stereocenters. The van der Waals surface area contributed by atoms with Crippen LogP contribution in [0.5, 0.6) is 0 Å². The van der Waals surface area contributed by atoms with Gasteiger partial charge in [-0.25, -0.2) is 37.3 Å². The molecule has 3 heterocycles. The SMILES string of the molecule is CC(C)(O)c1ncc(-c2nc3c(NC(c4cc(C(=O)O)ccc4F)C(F)F)c(Cl)cnc3cc2F)cn1. The lowest BCUT2D eigenvalue weighted by Crippen LogP contribution is -2.21. The Balaban J connectivity index is 1.84. The van der Waals surface area contributed by atoms with Crippen molar-refractivity contribution < 1.29 is 32.6 Å². The van der Waals surface area contributed by atoms with Crippen LogP contribution in [0.2, 0.25) is 5.02 Å². The molecule has 0 saturated carbocycles. The van der Waals surface area contributed by atoms with Crippen molar-refractivity contribution in [2.45, 2.75) is 31.9 Å². The second-order valence-electron chi connectivity index (χ2n) is 8.52. The number of pyridine rings is 2. The molecular formula is C24H18ClF4N5O3. The summed E-state index contributed by atoms with van der Waals surface area (Å²) in [6.45, 7) is 2.94. The lowest BCUT2D eigenvalue weighted by molar-refractivity contribution is 0.0683. The molecule has 192 valence electrons. The van der Waals surface area contributed by atoms with Gasteiger partial charge in [-0.1, -0.05) is 11.6 Å². The summed E-state index contributed by atoms with van der Waals surface area (Å²) >= 11 is 6.23. The number of hydrogen-bond acceptors (Lipinski definition) is 7. The van der Waals surface area contributed by atoms with Crippen LogP contribution in [0.4, 0.5) is 23.2 Å². The number of benzene rings is 1. The van der Waals surface area contributed by atoms with Gasteiger partial charge in [0.15, 0.2) is 11.6 Å². The summed E-state index contributed by atoms with van der Waals surface area (Å²) in [5.74, 6) is -3.24. The molecule has 13 heteroatoms. The Morgan fingerprint density at radius 1 is 1.05 bits per heavy atom. The molecule has 3 N–H and O–H groups in total. The van der Waals surface area contributed by atoms with E-state index in [1.165, 1.54) is 26.2 Å². The number of anilines is 1. The molecule has 0 spiro atoms. The maximum absolute atomic E-state index is 14.9. The van der Waals surface area contributed by atoms with Gasteiger partial charge in [0.25, 0.3) is 6.43 Å². The molecule has 3 aromatic heterocycles. The second-order valence-corrected chi connectivity index (χ2v) is 8.93. The summed E-state index contributed by atoms with van der Waals surface area (Å²) in [4.78, 5) is 27.5. The molecule has 1 aromatic carbocycles. The summed E-state index contributed by atoms with van der Waals surface area (Å²) in [7, 11) is 0. The van der Waals surface area contributed by atoms with Crippen molar-refractivity contribution in [3.63, 3.8) is 0 Å². The van der Waals surface area contributed by atoms with Crippen LogP contribution >= 0.6 is 11.6 Å². The summed E-state index contributed by atoms with van der Waals surface area (Å²) < 4.78 is 57.6. The average Bonchev–Trinajstić information content (AvgIpc) is 2.83. The number of carboxylic acids is 1. The van der Waals surface area contributed by atoms with Gasteiger partial charge < -0.3 is 15.5 Å². The van der Waals surface area contributed by atoms with Gasteiger partial charge in [0.05, 0.1) is 21.8 Å². The molecule has 0 fully saturated rings. The molecule has 0 aliphatic heterocycles. The number of carboxylic acid groups (broad SMARTS) is 1. The Morgan fingerprint density at radius 2 is 1.73 bits per heavy atom. The predicted molar refractivity (Wildman–Crippen MR) is 127 cm³/mol. The highest BCUT2D eigenvalue weighted by atomic mass is 35.5. The number of aliphatic hydroxyl groups is 1. The van der Waals surface area contributed by atoms with Crippen molar-refractivity contribution in [2.24, 2.45) is 0 Å². The van der Waals surface area contributed by atoms with Crippen LogP contribution in [0, 0.1) is 11.6 Å². The van der Waals surface area contributed by atoms with Gasteiger partial charge >= 0.3 is 5.97 Å². The number of hydrogen-bond donors (Lipinski definition) is 3. The Hall–Kier alpha value is -3.90. The molecule has 0 aliphatic rings. The molecule has 0 amide bonds. The third-order valence-electron chi connectivity index (χ3n) is 5.35. The summed E-state index contributed by atoms with van der Waals surface area (Å²) in [6, 6.07) is 1.48. The van der Waals surface area contributed by atoms with Crippen molar-refractivity contribution in [1.82, 2.24) is 19.9 Å². The first kappa shape index (κ1) is 26.2. The monoisotopic (exact) mass is 535 g/mol. The molecule has 0 saturated heterocycles. The Kier molecular flexibility index (Phi) is 6.98. The lowest BCUT2D eigenvalue weighted by atomic mass is 10.0. The zero-order valence-electron chi connectivity index (χ0n) is 19.2. The number of halogens is 5. The van der Waals surface area contributed by atoms with Crippen molar-refractivity contribution in [1.29, 1.82) is 0 Å². The molecule has 4 rings (SSSR count). The maximum atomic E-state index is 14.9. The fraction of sp³-hybridized carbons (Fsp3) is 0.208. The zero-order valence-corrected chi connectivity index (χ0v) is 19.9. The van der Waals surface area contributed by atoms with E-state index in [9.17, 15) is 32.6 Å². The van der Waals surface area contributed by atoms with Gasteiger partial charge in [-0.15, -0.1) is 0 Å². The van der Waals surface area contributed by atoms with Crippen LogP contribution in [0.15, 0.2) is 42.9 Å². The molecule has 0 aliphatic carbocycles. The topological polar surface area (TPSA) is 121 Å². The first-order valence-electron chi connectivity index (χ1n) is 10.6. The highest BCUT2D eigenvalue weighted by Crippen LogP contribution is 2.36. The van der Waals surface area contributed by atoms with Crippen LogP contribution in [0.1, 0.15) is 41.6 Å². The molecule has 8 nitrogen and oxygen atoms in total. The van der Waals surface area contributed by atoms with Crippen molar-refractivity contribution >= 4 is 34.3 Å². The summed E-state index contributed by atoms with van der Waals surface area (Å²) in [5, 5.41) is 21.5. The zero-order chi connectivity index (χ0) is 27.1. The van der Waals surface area contributed by atoms with E-state index in [0.717, 1.165) is 30.5 Å². The number of nitrogens with zero attached hydrogens (tertiary/aromatic N) is 4. The maximum Gasteiger partial charge on any atom is 0.335 e. The first-order valence-corrected chi connectivity index (χ1v) is 11.0. The number of fused-ring (bicyclic) bond motifs is 1. The molecule has 1 atom stereocenters. The van der Waals surface area contributed by atoms with Crippen molar-refractivity contribution in [2.75, 3.05) is 5.32 Å². The van der Waals surface area contributed by atoms with E-state index < -0.39 is 46.8 Å². The van der Waals surface area contributed by atoms with E-state index in [1.54, 1.807) is 0 Å². The Bertz CT molecular complexity index is 1500. The van der Waals surface area contributed by atoms with E-state index in [-0.39, 0.29) is 38.8 Å². The minimum absolute atomic E-state index is 0.0463. The third-order valence-corrected chi connectivity index (χ3v) is 5.64. The predicted octanol–water partition coefficient (Wildman–Crippen LogP) is 5.36. The summed E-state index contributed by atoms with van der Waals surface area (Å²) in [5.41, 5.74) is -2.86. The normalized spacial score (nSPS) is 12.7. The van der Waals surface area contributed by atoms with Crippen LogP contribution < -0.4 is 5.32 Å². The van der Waals surface area contributed by atoms with Crippen LogP contribution in [0.25, 0.3) is 22.3 Å². The van der Waals surface area contributed by atoms with Gasteiger partial charge in [0, 0.05) is 35.8 Å². The van der Waals surface area contributed by atoms with Gasteiger partial charge in [0.1, 0.15) is 28.7 Å². The van der Waals surface area contributed by atoms with E-state index >= 15 is 0 Å².